The van der Waals surface area contributed by atoms with Crippen molar-refractivity contribution < 1.29 is 9.47 Å². The standard InChI is InChI=1S/C14H26N4O2/c1-9(2)8-11-17-13(16-10(3)4)12(15)14(18-11)20-7-6-19-5/h9-10H,6-8,15H2,1-5H3,(H,16,17,18). The average molecular weight is 282 g/mol. The van der Waals surface area contributed by atoms with Gasteiger partial charge < -0.3 is 20.5 Å². The van der Waals surface area contributed by atoms with Crippen molar-refractivity contribution in [2.75, 3.05) is 31.4 Å². The number of ether oxygens (including phenoxy) is 2. The first-order valence-electron chi connectivity index (χ1n) is 6.98. The monoisotopic (exact) mass is 282 g/mol. The Morgan fingerprint density at radius 2 is 1.85 bits per heavy atom. The van der Waals surface area contributed by atoms with Gasteiger partial charge in [0.05, 0.1) is 6.61 Å². The summed E-state index contributed by atoms with van der Waals surface area (Å²) >= 11 is 0. The third kappa shape index (κ3) is 5.21. The number of nitrogens with one attached hydrogen (secondary N) is 1. The highest BCUT2D eigenvalue weighted by Gasteiger charge is 2.14. The summed E-state index contributed by atoms with van der Waals surface area (Å²) in [5.74, 6) is 2.27. The molecule has 0 saturated heterocycles. The van der Waals surface area contributed by atoms with E-state index >= 15 is 0 Å². The van der Waals surface area contributed by atoms with Gasteiger partial charge in [-0.05, 0) is 19.8 Å². The van der Waals surface area contributed by atoms with Crippen LogP contribution in [0.5, 0.6) is 5.88 Å². The molecule has 0 amide bonds. The molecule has 0 unspecified atom stereocenters. The summed E-state index contributed by atoms with van der Waals surface area (Å²) in [6.45, 7) is 9.24. The molecule has 0 aliphatic heterocycles. The molecule has 3 N–H and O–H groups in total. The second kappa shape index (κ2) is 7.89. The number of methoxy groups -OCH3 is 1. The van der Waals surface area contributed by atoms with E-state index in [1.807, 2.05) is 13.8 Å². The zero-order valence-electron chi connectivity index (χ0n) is 13.1. The fraction of sp³-hybridized carbons (Fsp3) is 0.714. The Morgan fingerprint density at radius 1 is 1.15 bits per heavy atom. The molecule has 1 aromatic heterocycles. The van der Waals surface area contributed by atoms with Crippen LogP contribution < -0.4 is 15.8 Å². The fourth-order valence-corrected chi connectivity index (χ4v) is 1.66. The van der Waals surface area contributed by atoms with Crippen LogP contribution in [0, 0.1) is 5.92 Å². The van der Waals surface area contributed by atoms with E-state index in [9.17, 15) is 0 Å². The van der Waals surface area contributed by atoms with E-state index in [1.165, 1.54) is 0 Å². The van der Waals surface area contributed by atoms with Crippen LogP contribution in [0.2, 0.25) is 0 Å². The number of nitrogens with two attached hydrogens (primary N) is 1. The first kappa shape index (κ1) is 16.5. The second-order valence-electron chi connectivity index (χ2n) is 5.45. The maximum absolute atomic E-state index is 6.06. The number of hydrogen-bond acceptors (Lipinski definition) is 6. The quantitative estimate of drug-likeness (QED) is 0.711. The summed E-state index contributed by atoms with van der Waals surface area (Å²) in [4.78, 5) is 8.88. The van der Waals surface area contributed by atoms with Gasteiger partial charge >= 0.3 is 0 Å². The summed E-state index contributed by atoms with van der Waals surface area (Å²) in [7, 11) is 1.63. The molecule has 0 aliphatic rings. The van der Waals surface area contributed by atoms with Crippen LogP contribution in [0.25, 0.3) is 0 Å². The Bertz CT molecular complexity index is 422. The Labute approximate surface area is 121 Å². The van der Waals surface area contributed by atoms with Crippen LogP contribution in [0.15, 0.2) is 0 Å². The molecule has 6 nitrogen and oxygen atoms in total. The summed E-state index contributed by atoms with van der Waals surface area (Å²) in [6.07, 6.45) is 0.785. The van der Waals surface area contributed by atoms with Gasteiger partial charge in [-0.3, -0.25) is 0 Å². The molecular formula is C14H26N4O2. The summed E-state index contributed by atoms with van der Waals surface area (Å²) in [5, 5.41) is 3.23. The van der Waals surface area contributed by atoms with Crippen molar-refractivity contribution in [1.29, 1.82) is 0 Å². The number of rotatable bonds is 8. The molecule has 114 valence electrons. The molecule has 0 radical (unpaired) electrons. The van der Waals surface area contributed by atoms with E-state index in [0.717, 1.165) is 12.2 Å². The molecule has 6 heteroatoms. The van der Waals surface area contributed by atoms with Crippen LogP contribution in [0.1, 0.15) is 33.5 Å². The van der Waals surface area contributed by atoms with Gasteiger partial charge in [0.2, 0.25) is 5.88 Å². The number of anilines is 2. The number of aromatic nitrogens is 2. The molecule has 20 heavy (non-hydrogen) atoms. The molecule has 0 saturated carbocycles. The predicted molar refractivity (Wildman–Crippen MR) is 81.1 cm³/mol. The Balaban J connectivity index is 2.99. The number of nitrogen functional groups attached to an aromatic ring is 1. The van der Waals surface area contributed by atoms with E-state index in [-0.39, 0.29) is 6.04 Å². The van der Waals surface area contributed by atoms with E-state index in [0.29, 0.717) is 36.5 Å². The molecule has 0 atom stereocenters. The third-order valence-corrected chi connectivity index (χ3v) is 2.50. The van der Waals surface area contributed by atoms with Gasteiger partial charge in [0.15, 0.2) is 5.82 Å². The smallest absolute Gasteiger partial charge is 0.242 e. The van der Waals surface area contributed by atoms with Gasteiger partial charge in [-0.2, -0.15) is 4.98 Å². The lowest BCUT2D eigenvalue weighted by atomic mass is 10.1. The van der Waals surface area contributed by atoms with Crippen molar-refractivity contribution in [2.45, 2.75) is 40.2 Å². The van der Waals surface area contributed by atoms with Crippen LogP contribution in [0.4, 0.5) is 11.5 Å². The lowest BCUT2D eigenvalue weighted by molar-refractivity contribution is 0.144. The van der Waals surface area contributed by atoms with Crippen LogP contribution in [-0.4, -0.2) is 36.3 Å². The normalized spacial score (nSPS) is 11.2. The van der Waals surface area contributed by atoms with Gasteiger partial charge in [0, 0.05) is 19.6 Å². The maximum atomic E-state index is 6.06. The van der Waals surface area contributed by atoms with Gasteiger partial charge in [0.25, 0.3) is 0 Å². The summed E-state index contributed by atoms with van der Waals surface area (Å²) in [6, 6.07) is 0.242. The fourth-order valence-electron chi connectivity index (χ4n) is 1.66. The summed E-state index contributed by atoms with van der Waals surface area (Å²) in [5.41, 5.74) is 6.51. The molecule has 0 bridgehead atoms. The van der Waals surface area contributed by atoms with Crippen molar-refractivity contribution in [2.24, 2.45) is 5.92 Å². The summed E-state index contributed by atoms with van der Waals surface area (Å²) < 4.78 is 10.5. The molecule has 0 fully saturated rings. The minimum absolute atomic E-state index is 0.242. The maximum Gasteiger partial charge on any atom is 0.242 e. The third-order valence-electron chi connectivity index (χ3n) is 2.50. The van der Waals surface area contributed by atoms with Crippen molar-refractivity contribution in [1.82, 2.24) is 9.97 Å². The van der Waals surface area contributed by atoms with Crippen molar-refractivity contribution >= 4 is 11.5 Å². The first-order valence-corrected chi connectivity index (χ1v) is 6.98. The molecule has 0 aliphatic carbocycles. The van der Waals surface area contributed by atoms with E-state index in [2.05, 4.69) is 29.1 Å². The van der Waals surface area contributed by atoms with Crippen molar-refractivity contribution in [3.8, 4) is 5.88 Å². The molecule has 1 aromatic rings. The second-order valence-corrected chi connectivity index (χ2v) is 5.45. The molecule has 0 aromatic carbocycles. The van der Waals surface area contributed by atoms with Crippen molar-refractivity contribution in [3.63, 3.8) is 0 Å². The predicted octanol–water partition coefficient (Wildman–Crippen LogP) is 2.10. The largest absolute Gasteiger partial charge is 0.474 e. The van der Waals surface area contributed by atoms with Gasteiger partial charge in [0.1, 0.15) is 18.1 Å². The van der Waals surface area contributed by atoms with Crippen LogP contribution in [-0.2, 0) is 11.2 Å². The topological polar surface area (TPSA) is 82.3 Å². The highest BCUT2D eigenvalue weighted by molar-refractivity contribution is 5.67. The zero-order chi connectivity index (χ0) is 15.1. The highest BCUT2D eigenvalue weighted by atomic mass is 16.5. The van der Waals surface area contributed by atoms with Gasteiger partial charge in [-0.1, -0.05) is 13.8 Å². The molecule has 1 heterocycles. The Morgan fingerprint density at radius 3 is 2.40 bits per heavy atom. The number of hydrogen-bond donors (Lipinski definition) is 2. The van der Waals surface area contributed by atoms with Crippen LogP contribution in [0.3, 0.4) is 0 Å². The minimum Gasteiger partial charge on any atom is -0.474 e. The molecule has 1 rings (SSSR count). The lowest BCUT2D eigenvalue weighted by Crippen LogP contribution is -2.17. The van der Waals surface area contributed by atoms with E-state index in [4.69, 9.17) is 15.2 Å². The van der Waals surface area contributed by atoms with E-state index in [1.54, 1.807) is 7.11 Å². The minimum atomic E-state index is 0.242. The lowest BCUT2D eigenvalue weighted by Gasteiger charge is -2.16. The van der Waals surface area contributed by atoms with Crippen molar-refractivity contribution in [3.05, 3.63) is 5.82 Å². The van der Waals surface area contributed by atoms with Gasteiger partial charge in [-0.25, -0.2) is 4.98 Å². The molecular weight excluding hydrogens is 256 g/mol. The number of nitrogens with zero attached hydrogens (tertiary/aromatic N) is 2. The van der Waals surface area contributed by atoms with E-state index < -0.39 is 0 Å². The average Bonchev–Trinajstić information content (AvgIpc) is 2.33. The SMILES string of the molecule is COCCOc1nc(CC(C)C)nc(NC(C)C)c1N. The Kier molecular flexibility index (Phi) is 6.51. The Hall–Kier alpha value is -1.56. The molecule has 0 spiro atoms. The zero-order valence-corrected chi connectivity index (χ0v) is 13.1. The van der Waals surface area contributed by atoms with Crippen LogP contribution >= 0.6 is 0 Å². The highest BCUT2D eigenvalue weighted by Crippen LogP contribution is 2.27. The first-order chi connectivity index (χ1) is 9.43. The van der Waals surface area contributed by atoms with Gasteiger partial charge in [-0.15, -0.1) is 0 Å².